The van der Waals surface area contributed by atoms with Crippen molar-refractivity contribution in [1.82, 2.24) is 0 Å². The van der Waals surface area contributed by atoms with Crippen LogP contribution in [0.2, 0.25) is 0 Å². The van der Waals surface area contributed by atoms with Gasteiger partial charge in [-0.2, -0.15) is 5.26 Å². The summed E-state index contributed by atoms with van der Waals surface area (Å²) in [5, 5.41) is 11.4. The van der Waals surface area contributed by atoms with E-state index in [9.17, 15) is 9.59 Å². The van der Waals surface area contributed by atoms with Crippen molar-refractivity contribution in [2.45, 2.75) is 13.0 Å². The molecule has 6 nitrogen and oxygen atoms in total. The lowest BCUT2D eigenvalue weighted by molar-refractivity contribution is -0.123. The van der Waals surface area contributed by atoms with E-state index in [4.69, 9.17) is 14.7 Å². The minimum Gasteiger partial charge on any atom is -0.497 e. The van der Waals surface area contributed by atoms with Crippen LogP contribution in [0, 0.1) is 11.3 Å². The monoisotopic (exact) mass is 324 g/mol. The van der Waals surface area contributed by atoms with Gasteiger partial charge >= 0.3 is 5.97 Å². The molecule has 0 spiro atoms. The number of ether oxygens (including phenoxy) is 2. The molecule has 6 heteroatoms. The summed E-state index contributed by atoms with van der Waals surface area (Å²) < 4.78 is 10.2. The van der Waals surface area contributed by atoms with E-state index in [2.05, 4.69) is 5.32 Å². The van der Waals surface area contributed by atoms with Gasteiger partial charge in [0.1, 0.15) is 5.75 Å². The van der Waals surface area contributed by atoms with Gasteiger partial charge < -0.3 is 14.8 Å². The number of hydrogen-bond acceptors (Lipinski definition) is 5. The topological polar surface area (TPSA) is 88.4 Å². The lowest BCUT2D eigenvalue weighted by Crippen LogP contribution is -2.30. The molecule has 2 aromatic rings. The van der Waals surface area contributed by atoms with Gasteiger partial charge in [-0.3, -0.25) is 4.79 Å². The Morgan fingerprint density at radius 2 is 1.88 bits per heavy atom. The van der Waals surface area contributed by atoms with Crippen molar-refractivity contribution < 1.29 is 19.1 Å². The molecule has 0 aliphatic carbocycles. The molecular formula is C18H16N2O4. The molecule has 0 saturated heterocycles. The number of hydrogen-bond donors (Lipinski definition) is 1. The van der Waals surface area contributed by atoms with Crippen LogP contribution in [0.3, 0.4) is 0 Å². The Kier molecular flexibility index (Phi) is 5.53. The maximum atomic E-state index is 12.1. The van der Waals surface area contributed by atoms with E-state index in [0.29, 0.717) is 22.6 Å². The van der Waals surface area contributed by atoms with Gasteiger partial charge in [0.15, 0.2) is 6.10 Å². The predicted molar refractivity (Wildman–Crippen MR) is 87.7 cm³/mol. The van der Waals surface area contributed by atoms with Crippen LogP contribution in [0.5, 0.6) is 5.75 Å². The minimum atomic E-state index is -0.973. The number of methoxy groups -OCH3 is 1. The molecule has 0 radical (unpaired) electrons. The summed E-state index contributed by atoms with van der Waals surface area (Å²) in [6.45, 7) is 1.48. The zero-order chi connectivity index (χ0) is 17.5. The number of carbonyl (C=O) groups is 2. The van der Waals surface area contributed by atoms with Crippen LogP contribution in [0.15, 0.2) is 48.5 Å². The van der Waals surface area contributed by atoms with Crippen LogP contribution in [-0.4, -0.2) is 25.1 Å². The average Bonchev–Trinajstić information content (AvgIpc) is 2.62. The Balaban J connectivity index is 1.97. The third kappa shape index (κ3) is 4.34. The highest BCUT2D eigenvalue weighted by atomic mass is 16.5. The number of rotatable bonds is 5. The standard InChI is InChI=1S/C18H16N2O4/c1-12(17(21)20-15-8-6-13(11-19)7-9-15)24-18(22)14-4-3-5-16(10-14)23-2/h3-10,12H,1-2H3,(H,20,21)/t12-/m1/s1. The summed E-state index contributed by atoms with van der Waals surface area (Å²) >= 11 is 0. The number of nitriles is 1. The molecular weight excluding hydrogens is 308 g/mol. The van der Waals surface area contributed by atoms with Gasteiger partial charge in [0.05, 0.1) is 24.3 Å². The lowest BCUT2D eigenvalue weighted by atomic mass is 10.2. The third-order valence-electron chi connectivity index (χ3n) is 3.24. The highest BCUT2D eigenvalue weighted by Crippen LogP contribution is 2.15. The van der Waals surface area contributed by atoms with Crippen LogP contribution in [0.4, 0.5) is 5.69 Å². The Bertz CT molecular complexity index is 778. The summed E-state index contributed by atoms with van der Waals surface area (Å²) in [5.41, 5.74) is 1.31. The second-order valence-electron chi connectivity index (χ2n) is 4.96. The zero-order valence-electron chi connectivity index (χ0n) is 13.3. The van der Waals surface area contributed by atoms with Crippen LogP contribution in [-0.2, 0) is 9.53 Å². The Hall–Kier alpha value is -3.33. The van der Waals surface area contributed by atoms with Crippen LogP contribution < -0.4 is 10.1 Å². The second-order valence-corrected chi connectivity index (χ2v) is 4.96. The van der Waals surface area contributed by atoms with Gasteiger partial charge in [-0.15, -0.1) is 0 Å². The number of nitrogens with zero attached hydrogens (tertiary/aromatic N) is 1. The first-order valence-corrected chi connectivity index (χ1v) is 7.19. The number of benzene rings is 2. The Labute approximate surface area is 139 Å². The van der Waals surface area contributed by atoms with Gasteiger partial charge in [0.25, 0.3) is 5.91 Å². The predicted octanol–water partition coefficient (Wildman–Crippen LogP) is 2.75. The van der Waals surface area contributed by atoms with Crippen LogP contribution in [0.25, 0.3) is 0 Å². The molecule has 1 N–H and O–H groups in total. The molecule has 0 saturated carbocycles. The number of anilines is 1. The molecule has 0 aliphatic heterocycles. The van der Waals surface area contributed by atoms with Crippen molar-refractivity contribution >= 4 is 17.6 Å². The quantitative estimate of drug-likeness (QED) is 0.854. The molecule has 0 heterocycles. The van der Waals surface area contributed by atoms with Crippen molar-refractivity contribution in [3.05, 3.63) is 59.7 Å². The number of carbonyl (C=O) groups excluding carboxylic acids is 2. The Morgan fingerprint density at radius 1 is 1.17 bits per heavy atom. The van der Waals surface area contributed by atoms with Gasteiger partial charge in [-0.05, 0) is 49.4 Å². The first kappa shape index (κ1) is 17.0. The molecule has 1 amide bonds. The van der Waals surface area contributed by atoms with Gasteiger partial charge in [-0.25, -0.2) is 4.79 Å². The fourth-order valence-corrected chi connectivity index (χ4v) is 1.90. The summed E-state index contributed by atoms with van der Waals surface area (Å²) in [7, 11) is 1.50. The van der Waals surface area contributed by atoms with Crippen molar-refractivity contribution in [1.29, 1.82) is 5.26 Å². The molecule has 1 atom stereocenters. The molecule has 0 aromatic heterocycles. The normalized spacial score (nSPS) is 11.0. The maximum absolute atomic E-state index is 12.1. The number of esters is 1. The summed E-state index contributed by atoms with van der Waals surface area (Å²) in [5.74, 6) is -0.550. The summed E-state index contributed by atoms with van der Waals surface area (Å²) in [4.78, 5) is 24.1. The molecule has 2 rings (SSSR count). The van der Waals surface area contributed by atoms with Crippen LogP contribution in [0.1, 0.15) is 22.8 Å². The van der Waals surface area contributed by atoms with Crippen LogP contribution >= 0.6 is 0 Å². The molecule has 24 heavy (non-hydrogen) atoms. The molecule has 2 aromatic carbocycles. The minimum absolute atomic E-state index is 0.298. The fraction of sp³-hybridized carbons (Fsp3) is 0.167. The van der Waals surface area contributed by atoms with E-state index in [1.165, 1.54) is 20.1 Å². The largest absolute Gasteiger partial charge is 0.497 e. The number of amides is 1. The SMILES string of the molecule is COc1cccc(C(=O)O[C@H](C)C(=O)Nc2ccc(C#N)cc2)c1. The Morgan fingerprint density at radius 3 is 2.50 bits per heavy atom. The highest BCUT2D eigenvalue weighted by Gasteiger charge is 2.19. The molecule has 0 fully saturated rings. The van der Waals surface area contributed by atoms with Crippen molar-refractivity contribution in [2.75, 3.05) is 12.4 Å². The molecule has 0 aliphatic rings. The van der Waals surface area contributed by atoms with Gasteiger partial charge in [0, 0.05) is 5.69 Å². The third-order valence-corrected chi connectivity index (χ3v) is 3.24. The lowest BCUT2D eigenvalue weighted by Gasteiger charge is -2.14. The van der Waals surface area contributed by atoms with Crippen molar-refractivity contribution in [2.24, 2.45) is 0 Å². The van der Waals surface area contributed by atoms with Gasteiger partial charge in [-0.1, -0.05) is 6.07 Å². The number of nitrogens with one attached hydrogen (secondary N) is 1. The fourth-order valence-electron chi connectivity index (χ4n) is 1.90. The smallest absolute Gasteiger partial charge is 0.339 e. The molecule has 122 valence electrons. The average molecular weight is 324 g/mol. The van der Waals surface area contributed by atoms with E-state index < -0.39 is 18.0 Å². The first-order valence-electron chi connectivity index (χ1n) is 7.19. The van der Waals surface area contributed by atoms with E-state index >= 15 is 0 Å². The zero-order valence-corrected chi connectivity index (χ0v) is 13.3. The van der Waals surface area contributed by atoms with E-state index in [-0.39, 0.29) is 0 Å². The second kappa shape index (κ2) is 7.79. The summed E-state index contributed by atoms with van der Waals surface area (Å²) in [6.07, 6.45) is -0.973. The summed E-state index contributed by atoms with van der Waals surface area (Å²) in [6, 6.07) is 14.9. The van der Waals surface area contributed by atoms with Gasteiger partial charge in [0.2, 0.25) is 0 Å². The first-order chi connectivity index (χ1) is 11.5. The van der Waals surface area contributed by atoms with E-state index in [1.807, 2.05) is 6.07 Å². The maximum Gasteiger partial charge on any atom is 0.339 e. The van der Waals surface area contributed by atoms with E-state index in [0.717, 1.165) is 0 Å². The van der Waals surface area contributed by atoms with E-state index in [1.54, 1.807) is 42.5 Å². The highest BCUT2D eigenvalue weighted by molar-refractivity contribution is 5.97. The van der Waals surface area contributed by atoms with Crippen molar-refractivity contribution in [3.63, 3.8) is 0 Å². The molecule has 0 unspecified atom stereocenters. The van der Waals surface area contributed by atoms with Crippen molar-refractivity contribution in [3.8, 4) is 11.8 Å². The molecule has 0 bridgehead atoms.